The number of H-pyrrole nitrogens is 1. The fourth-order valence-corrected chi connectivity index (χ4v) is 3.41. The zero-order valence-electron chi connectivity index (χ0n) is 16.7. The number of carbonyl (C=O) groups is 1. The molecule has 7 heteroatoms. The lowest BCUT2D eigenvalue weighted by molar-refractivity contribution is 0.0932. The molecule has 1 amide bonds. The second-order valence-electron chi connectivity index (χ2n) is 7.19. The number of aromatic nitrogens is 2. The first kappa shape index (κ1) is 20.9. The lowest BCUT2D eigenvalue weighted by atomic mass is 10.1. The average molecular weight is 412 g/mol. The van der Waals surface area contributed by atoms with Gasteiger partial charge in [0.25, 0.3) is 5.91 Å². The molecule has 3 aromatic rings. The molecule has 0 saturated carbocycles. The highest BCUT2D eigenvalue weighted by Crippen LogP contribution is 2.21. The van der Waals surface area contributed by atoms with E-state index in [0.29, 0.717) is 24.4 Å². The lowest BCUT2D eigenvalue weighted by Crippen LogP contribution is -2.29. The molecule has 2 aromatic carbocycles. The Morgan fingerprint density at radius 3 is 2.66 bits per heavy atom. The molecule has 1 heterocycles. The number of amidine groups is 1. The number of aromatic amines is 1. The minimum absolute atomic E-state index is 0.119. The van der Waals surface area contributed by atoms with Gasteiger partial charge in [-0.25, -0.2) is 4.98 Å². The summed E-state index contributed by atoms with van der Waals surface area (Å²) in [5.74, 6) is 1.26. The van der Waals surface area contributed by atoms with Crippen LogP contribution in [0.15, 0.2) is 47.5 Å². The van der Waals surface area contributed by atoms with Crippen molar-refractivity contribution in [1.29, 1.82) is 0 Å². The smallest absolute Gasteiger partial charge is 0.251 e. The number of para-hydroxylation sites is 2. The first-order valence-electron chi connectivity index (χ1n) is 9.65. The van der Waals surface area contributed by atoms with Gasteiger partial charge in [-0.1, -0.05) is 29.3 Å². The highest BCUT2D eigenvalue weighted by molar-refractivity contribution is 6.27. The Labute approximate surface area is 175 Å². The Balaban J connectivity index is 1.80. The van der Waals surface area contributed by atoms with Crippen LogP contribution in [0.3, 0.4) is 0 Å². The third-order valence-electron chi connectivity index (χ3n) is 4.63. The topological polar surface area (TPSA) is 96.2 Å². The number of carbonyl (C=O) groups excluding carboxylic acids is 1. The maximum Gasteiger partial charge on any atom is 0.251 e. The number of aryl methyl sites for hydroxylation is 2. The van der Waals surface area contributed by atoms with Crippen LogP contribution in [0.4, 0.5) is 0 Å². The molecular weight excluding hydrogens is 386 g/mol. The zero-order valence-corrected chi connectivity index (χ0v) is 17.5. The number of rotatable bonds is 8. The van der Waals surface area contributed by atoms with Gasteiger partial charge in [0.2, 0.25) is 0 Å². The van der Waals surface area contributed by atoms with E-state index in [-0.39, 0.29) is 17.8 Å². The Kier molecular flexibility index (Phi) is 6.88. The number of hydrogen-bond donors (Lipinski definition) is 3. The quantitative estimate of drug-likeness (QED) is 0.226. The van der Waals surface area contributed by atoms with Crippen molar-refractivity contribution in [3.8, 4) is 0 Å². The number of imidazole rings is 1. The summed E-state index contributed by atoms with van der Waals surface area (Å²) in [5.41, 5.74) is 10.2. The number of nitrogens with two attached hydrogens (primary N) is 1. The monoisotopic (exact) mass is 411 g/mol. The van der Waals surface area contributed by atoms with Crippen molar-refractivity contribution in [2.24, 2.45) is 10.7 Å². The molecule has 1 atom stereocenters. The van der Waals surface area contributed by atoms with Gasteiger partial charge in [0.1, 0.15) is 11.7 Å². The first-order chi connectivity index (χ1) is 14.0. The van der Waals surface area contributed by atoms with E-state index < -0.39 is 0 Å². The maximum absolute atomic E-state index is 12.9. The van der Waals surface area contributed by atoms with Crippen molar-refractivity contribution >= 4 is 34.4 Å². The summed E-state index contributed by atoms with van der Waals surface area (Å²) in [4.78, 5) is 25.1. The predicted octanol–water partition coefficient (Wildman–Crippen LogP) is 4.03. The first-order valence-corrected chi connectivity index (χ1v) is 10.2. The molecule has 0 spiro atoms. The molecule has 0 fully saturated rings. The summed E-state index contributed by atoms with van der Waals surface area (Å²) in [6, 6.07) is 13.4. The molecule has 0 aliphatic rings. The molecular formula is C22H26ClN5O. The van der Waals surface area contributed by atoms with E-state index in [4.69, 9.17) is 17.3 Å². The Bertz CT molecular complexity index is 974. The predicted molar refractivity (Wildman–Crippen MR) is 119 cm³/mol. The van der Waals surface area contributed by atoms with E-state index in [1.165, 1.54) is 0 Å². The van der Waals surface area contributed by atoms with Crippen molar-refractivity contribution < 1.29 is 4.79 Å². The van der Waals surface area contributed by atoms with Crippen molar-refractivity contribution in [3.05, 3.63) is 65.0 Å². The minimum atomic E-state index is -0.261. The highest BCUT2D eigenvalue weighted by atomic mass is 35.5. The third-order valence-corrected chi connectivity index (χ3v) is 4.90. The third kappa shape index (κ3) is 5.57. The Morgan fingerprint density at radius 2 is 1.97 bits per heavy atom. The van der Waals surface area contributed by atoms with E-state index >= 15 is 0 Å². The molecule has 4 N–H and O–H groups in total. The van der Waals surface area contributed by atoms with Gasteiger partial charge in [0.15, 0.2) is 0 Å². The molecule has 0 bridgehead atoms. The average Bonchev–Trinajstić information content (AvgIpc) is 3.13. The van der Waals surface area contributed by atoms with Gasteiger partial charge in [-0.3, -0.25) is 9.79 Å². The number of benzene rings is 2. The summed E-state index contributed by atoms with van der Waals surface area (Å²) < 4.78 is 0. The number of halogens is 1. The molecule has 1 aromatic heterocycles. The summed E-state index contributed by atoms with van der Waals surface area (Å²) in [7, 11) is 0. The van der Waals surface area contributed by atoms with Gasteiger partial charge >= 0.3 is 0 Å². The Hall–Kier alpha value is -2.86. The molecule has 29 heavy (non-hydrogen) atoms. The van der Waals surface area contributed by atoms with Crippen LogP contribution < -0.4 is 11.1 Å². The summed E-state index contributed by atoms with van der Waals surface area (Å²) in [5, 5.41) is 3.13. The fourth-order valence-electron chi connectivity index (χ4n) is 3.32. The van der Waals surface area contributed by atoms with E-state index in [9.17, 15) is 4.79 Å². The van der Waals surface area contributed by atoms with Crippen LogP contribution in [0.2, 0.25) is 0 Å². The van der Waals surface area contributed by atoms with Crippen LogP contribution in [0.5, 0.6) is 0 Å². The zero-order chi connectivity index (χ0) is 20.8. The van der Waals surface area contributed by atoms with Crippen molar-refractivity contribution in [2.75, 3.05) is 12.4 Å². The second kappa shape index (κ2) is 9.56. The lowest BCUT2D eigenvalue weighted by Gasteiger charge is -2.17. The summed E-state index contributed by atoms with van der Waals surface area (Å²) >= 11 is 5.67. The van der Waals surface area contributed by atoms with Gasteiger partial charge < -0.3 is 16.0 Å². The standard InChI is InChI=1S/C22H26ClN5O/c1-14-10-15(2)12-16(11-14)22(29)28-19(8-5-9-25-20(24)13-23)21-26-17-6-3-4-7-18(17)27-21/h3-4,6-7,10-12,19H,5,8-9,13H2,1-2H3,(H2,24,25)(H,26,27)(H,28,29). The van der Waals surface area contributed by atoms with E-state index in [2.05, 4.69) is 20.3 Å². The number of fused-ring (bicyclic) bond motifs is 1. The molecule has 6 nitrogen and oxygen atoms in total. The van der Waals surface area contributed by atoms with Crippen molar-refractivity contribution in [1.82, 2.24) is 15.3 Å². The number of aliphatic imine (C=N–C) groups is 1. The summed E-state index contributed by atoms with van der Waals surface area (Å²) in [6.45, 7) is 4.52. The highest BCUT2D eigenvalue weighted by Gasteiger charge is 2.19. The molecule has 0 saturated heterocycles. The molecule has 152 valence electrons. The number of nitrogens with zero attached hydrogens (tertiary/aromatic N) is 2. The number of alkyl halides is 1. The van der Waals surface area contributed by atoms with Gasteiger partial charge in [-0.2, -0.15) is 0 Å². The van der Waals surface area contributed by atoms with E-state index in [1.54, 1.807) is 0 Å². The molecule has 3 rings (SSSR count). The van der Waals surface area contributed by atoms with Crippen LogP contribution in [0.1, 0.15) is 46.2 Å². The molecule has 0 aliphatic heterocycles. The van der Waals surface area contributed by atoms with Crippen LogP contribution >= 0.6 is 11.6 Å². The van der Waals surface area contributed by atoms with Crippen LogP contribution in [0, 0.1) is 13.8 Å². The van der Waals surface area contributed by atoms with Gasteiger partial charge in [-0.15, -0.1) is 11.6 Å². The van der Waals surface area contributed by atoms with Crippen molar-refractivity contribution in [3.63, 3.8) is 0 Å². The normalized spacial score (nSPS) is 12.9. The molecule has 0 aliphatic carbocycles. The van der Waals surface area contributed by atoms with E-state index in [1.807, 2.05) is 56.3 Å². The van der Waals surface area contributed by atoms with Crippen LogP contribution in [0.25, 0.3) is 11.0 Å². The van der Waals surface area contributed by atoms with Crippen LogP contribution in [-0.2, 0) is 0 Å². The van der Waals surface area contributed by atoms with Crippen molar-refractivity contribution in [2.45, 2.75) is 32.7 Å². The Morgan fingerprint density at radius 1 is 1.24 bits per heavy atom. The van der Waals surface area contributed by atoms with E-state index in [0.717, 1.165) is 34.4 Å². The van der Waals surface area contributed by atoms with Gasteiger partial charge in [0, 0.05) is 12.1 Å². The minimum Gasteiger partial charge on any atom is -0.386 e. The maximum atomic E-state index is 12.9. The molecule has 0 radical (unpaired) electrons. The largest absolute Gasteiger partial charge is 0.386 e. The number of nitrogens with one attached hydrogen (secondary N) is 2. The summed E-state index contributed by atoms with van der Waals surface area (Å²) in [6.07, 6.45) is 1.42. The number of amides is 1. The van der Waals surface area contributed by atoms with Gasteiger partial charge in [0.05, 0.1) is 23.0 Å². The SMILES string of the molecule is Cc1cc(C)cc(C(=O)NC(CCCN=C(N)CCl)c2nc3ccccc3[nH]2)c1. The number of hydrogen-bond acceptors (Lipinski definition) is 3. The van der Waals surface area contributed by atoms with Crippen LogP contribution in [-0.4, -0.2) is 34.1 Å². The fraction of sp³-hybridized carbons (Fsp3) is 0.318. The second-order valence-corrected chi connectivity index (χ2v) is 7.46. The van der Waals surface area contributed by atoms with Gasteiger partial charge in [-0.05, 0) is 51.0 Å². The molecule has 1 unspecified atom stereocenters.